The summed E-state index contributed by atoms with van der Waals surface area (Å²) in [5.41, 5.74) is 2.33. The Bertz CT molecular complexity index is 1470. The summed E-state index contributed by atoms with van der Waals surface area (Å²) in [7, 11) is 1.63. The molecule has 10 heteroatoms. The normalized spacial score (nSPS) is 18.7. The second-order valence-electron chi connectivity index (χ2n) is 12.3. The summed E-state index contributed by atoms with van der Waals surface area (Å²) in [5.74, 6) is 2.45. The standard InChI is InChI=1S/C35H41ClN2O7/c1-42-29-5-2-24(3-6-29)22-43-30-7-8-31(34(41)38-14-10-27(39)11-15-38)33(19-30)44-23-28(40)21-37-16-12-35(13-17-37)20-25-18-26(36)4-9-32(25)45-35/h2-9,18-19,27-28,39-40H,10-17,20-23H2,1H3/t28-/m0/s1. The van der Waals surface area contributed by atoms with Gasteiger partial charge in [0.1, 0.15) is 47.9 Å². The Morgan fingerprint density at radius 1 is 1.00 bits per heavy atom. The van der Waals surface area contributed by atoms with E-state index in [0.29, 0.717) is 56.1 Å². The number of benzene rings is 3. The maximum Gasteiger partial charge on any atom is 0.257 e. The van der Waals surface area contributed by atoms with Crippen LogP contribution >= 0.6 is 11.6 Å². The Balaban J connectivity index is 1.07. The van der Waals surface area contributed by atoms with Crippen molar-refractivity contribution in [1.29, 1.82) is 0 Å². The van der Waals surface area contributed by atoms with Crippen LogP contribution in [0.2, 0.25) is 5.02 Å². The second-order valence-corrected chi connectivity index (χ2v) is 12.7. The summed E-state index contributed by atoms with van der Waals surface area (Å²) in [6.45, 7) is 3.39. The lowest BCUT2D eigenvalue weighted by molar-refractivity contribution is -0.00204. The highest BCUT2D eigenvalue weighted by Crippen LogP contribution is 2.42. The van der Waals surface area contributed by atoms with Gasteiger partial charge < -0.3 is 39.0 Å². The van der Waals surface area contributed by atoms with Crippen LogP contribution in [0.3, 0.4) is 0 Å². The van der Waals surface area contributed by atoms with Crippen molar-refractivity contribution in [3.05, 3.63) is 82.4 Å². The van der Waals surface area contributed by atoms with Crippen LogP contribution in [0.5, 0.6) is 23.0 Å². The Kier molecular flexibility index (Phi) is 9.70. The Morgan fingerprint density at radius 3 is 2.47 bits per heavy atom. The number of rotatable bonds is 10. The molecule has 0 radical (unpaired) electrons. The van der Waals surface area contributed by atoms with Crippen LogP contribution in [0.1, 0.15) is 47.2 Å². The second kappa shape index (κ2) is 13.9. The van der Waals surface area contributed by atoms with Gasteiger partial charge in [-0.15, -0.1) is 0 Å². The van der Waals surface area contributed by atoms with Crippen LogP contribution in [0.25, 0.3) is 0 Å². The SMILES string of the molecule is COc1ccc(COc2ccc(C(=O)N3CCC(O)CC3)c(OC[C@@H](O)CN3CCC4(CC3)Cc3cc(Cl)ccc3O4)c2)cc1. The first-order valence-corrected chi connectivity index (χ1v) is 16.0. The molecule has 2 saturated heterocycles. The number of amides is 1. The highest BCUT2D eigenvalue weighted by Gasteiger charge is 2.42. The maximum atomic E-state index is 13.5. The number of piperidine rings is 2. The van der Waals surface area contributed by atoms with Crippen LogP contribution in [-0.2, 0) is 13.0 Å². The van der Waals surface area contributed by atoms with Gasteiger partial charge in [0.15, 0.2) is 0 Å². The topological polar surface area (TPSA) is 101 Å². The number of nitrogens with zero attached hydrogens (tertiary/aromatic N) is 2. The number of halogens is 1. The molecule has 0 unspecified atom stereocenters. The van der Waals surface area contributed by atoms with Gasteiger partial charge in [0.2, 0.25) is 0 Å². The predicted molar refractivity (Wildman–Crippen MR) is 171 cm³/mol. The third-order valence-electron chi connectivity index (χ3n) is 9.03. The van der Waals surface area contributed by atoms with Crippen molar-refractivity contribution in [2.75, 3.05) is 46.4 Å². The molecule has 45 heavy (non-hydrogen) atoms. The summed E-state index contributed by atoms with van der Waals surface area (Å²) in [6, 6.07) is 18.6. The third-order valence-corrected chi connectivity index (χ3v) is 9.26. The van der Waals surface area contributed by atoms with Crippen LogP contribution in [0.4, 0.5) is 0 Å². The molecule has 9 nitrogen and oxygen atoms in total. The molecule has 3 aromatic carbocycles. The van der Waals surface area contributed by atoms with Gasteiger partial charge in [-0.25, -0.2) is 0 Å². The zero-order valence-corrected chi connectivity index (χ0v) is 26.4. The van der Waals surface area contributed by atoms with Gasteiger partial charge in [-0.2, -0.15) is 0 Å². The van der Waals surface area contributed by atoms with E-state index in [9.17, 15) is 15.0 Å². The minimum atomic E-state index is -0.753. The van der Waals surface area contributed by atoms with Gasteiger partial charge in [-0.3, -0.25) is 4.79 Å². The number of carbonyl (C=O) groups is 1. The molecular weight excluding hydrogens is 596 g/mol. The average molecular weight is 637 g/mol. The van der Waals surface area contributed by atoms with Gasteiger partial charge in [0.05, 0.1) is 18.8 Å². The lowest BCUT2D eigenvalue weighted by Crippen LogP contribution is -2.49. The lowest BCUT2D eigenvalue weighted by atomic mass is 9.87. The van der Waals surface area contributed by atoms with Crippen LogP contribution in [0, 0.1) is 0 Å². The summed E-state index contributed by atoms with van der Waals surface area (Å²) in [4.78, 5) is 17.5. The average Bonchev–Trinajstić information content (AvgIpc) is 3.41. The number of aliphatic hydroxyl groups excluding tert-OH is 2. The Labute approximate surface area is 269 Å². The van der Waals surface area contributed by atoms with Crippen molar-refractivity contribution < 1.29 is 34.0 Å². The first-order chi connectivity index (χ1) is 21.8. The largest absolute Gasteiger partial charge is 0.497 e. The molecule has 3 heterocycles. The molecule has 3 aliphatic rings. The number of aliphatic hydroxyl groups is 2. The van der Waals surface area contributed by atoms with Gasteiger partial charge in [-0.1, -0.05) is 23.7 Å². The fraction of sp³-hybridized carbons (Fsp3) is 0.457. The van der Waals surface area contributed by atoms with Gasteiger partial charge in [-0.05, 0) is 66.4 Å². The van der Waals surface area contributed by atoms with Crippen molar-refractivity contribution in [1.82, 2.24) is 9.80 Å². The number of fused-ring (bicyclic) bond motifs is 1. The smallest absolute Gasteiger partial charge is 0.257 e. The molecule has 0 bridgehead atoms. The number of hydrogen-bond donors (Lipinski definition) is 2. The number of β-amino-alcohol motifs (C(OH)–C–C–N with tert-alkyl or cyclic N) is 1. The van der Waals surface area contributed by atoms with Gasteiger partial charge in [0.25, 0.3) is 5.91 Å². The van der Waals surface area contributed by atoms with E-state index in [1.807, 2.05) is 42.5 Å². The quantitative estimate of drug-likeness (QED) is 0.329. The number of carbonyl (C=O) groups excluding carboxylic acids is 1. The number of ether oxygens (including phenoxy) is 4. The predicted octanol–water partition coefficient (Wildman–Crippen LogP) is 4.73. The first kappa shape index (κ1) is 31.5. The molecule has 1 spiro atoms. The van der Waals surface area contributed by atoms with E-state index in [2.05, 4.69) is 4.90 Å². The molecule has 2 N–H and O–H groups in total. The van der Waals surface area contributed by atoms with E-state index in [4.69, 9.17) is 30.5 Å². The van der Waals surface area contributed by atoms with Crippen molar-refractivity contribution in [2.24, 2.45) is 0 Å². The van der Waals surface area contributed by atoms with Crippen molar-refractivity contribution in [3.63, 3.8) is 0 Å². The molecule has 6 rings (SSSR count). The van der Waals surface area contributed by atoms with E-state index in [1.165, 1.54) is 0 Å². The molecule has 1 atom stereocenters. The monoisotopic (exact) mass is 636 g/mol. The summed E-state index contributed by atoms with van der Waals surface area (Å²) < 4.78 is 23.8. The van der Waals surface area contributed by atoms with Gasteiger partial charge >= 0.3 is 0 Å². The van der Waals surface area contributed by atoms with Crippen molar-refractivity contribution >= 4 is 17.5 Å². The first-order valence-electron chi connectivity index (χ1n) is 15.7. The molecule has 240 valence electrons. The molecule has 0 saturated carbocycles. The van der Waals surface area contributed by atoms with Crippen LogP contribution in [0.15, 0.2) is 60.7 Å². The summed E-state index contributed by atoms with van der Waals surface area (Å²) in [5, 5.41) is 21.6. The summed E-state index contributed by atoms with van der Waals surface area (Å²) >= 11 is 6.19. The Hall–Kier alpha value is -3.50. The van der Waals surface area contributed by atoms with E-state index in [0.717, 1.165) is 60.0 Å². The zero-order valence-electron chi connectivity index (χ0n) is 25.6. The third kappa shape index (κ3) is 7.66. The fourth-order valence-electron chi connectivity index (χ4n) is 6.38. The molecule has 0 aromatic heterocycles. The van der Waals surface area contributed by atoms with E-state index >= 15 is 0 Å². The number of methoxy groups -OCH3 is 1. The highest BCUT2D eigenvalue weighted by atomic mass is 35.5. The van der Waals surface area contributed by atoms with Crippen molar-refractivity contribution in [3.8, 4) is 23.0 Å². The van der Waals surface area contributed by atoms with Crippen LogP contribution in [-0.4, -0.2) is 90.2 Å². The molecule has 0 aliphatic carbocycles. The highest BCUT2D eigenvalue weighted by molar-refractivity contribution is 6.30. The molecular formula is C35H41ClN2O7. The number of likely N-dealkylation sites (tertiary alicyclic amines) is 2. The number of hydrogen-bond acceptors (Lipinski definition) is 8. The molecule has 1 amide bonds. The van der Waals surface area contributed by atoms with E-state index in [1.54, 1.807) is 30.2 Å². The van der Waals surface area contributed by atoms with Crippen LogP contribution < -0.4 is 18.9 Å². The zero-order chi connectivity index (χ0) is 31.4. The van der Waals surface area contributed by atoms with E-state index < -0.39 is 6.10 Å². The summed E-state index contributed by atoms with van der Waals surface area (Å²) in [6.07, 6.45) is 2.54. The maximum absolute atomic E-state index is 13.5. The molecule has 2 fully saturated rings. The fourth-order valence-corrected chi connectivity index (χ4v) is 6.57. The van der Waals surface area contributed by atoms with Gasteiger partial charge in [0, 0.05) is 63.1 Å². The lowest BCUT2D eigenvalue weighted by Gasteiger charge is -2.39. The van der Waals surface area contributed by atoms with E-state index in [-0.39, 0.29) is 24.2 Å². The minimum Gasteiger partial charge on any atom is -0.497 e. The van der Waals surface area contributed by atoms with Crippen molar-refractivity contribution in [2.45, 2.75) is 56.5 Å². The minimum absolute atomic E-state index is 0.0308. The molecule has 3 aliphatic heterocycles. The molecule has 3 aromatic rings. The Morgan fingerprint density at radius 2 is 1.73 bits per heavy atom.